The molecule has 0 bridgehead atoms. The number of carbonyl (C=O) groups is 1. The van der Waals surface area contributed by atoms with Gasteiger partial charge in [0, 0.05) is 57.1 Å². The first-order valence-corrected chi connectivity index (χ1v) is 10.8. The molecule has 0 unspecified atom stereocenters. The van der Waals surface area contributed by atoms with E-state index in [2.05, 4.69) is 39.5 Å². The van der Waals surface area contributed by atoms with Gasteiger partial charge in [0.1, 0.15) is 11.3 Å². The molecule has 0 saturated carbocycles. The van der Waals surface area contributed by atoms with E-state index in [1.54, 1.807) is 13.1 Å². The van der Waals surface area contributed by atoms with Crippen molar-refractivity contribution in [2.45, 2.75) is 6.54 Å². The molecule has 32 heavy (non-hydrogen) atoms. The van der Waals surface area contributed by atoms with Crippen LogP contribution < -0.4 is 11.1 Å². The Hall–Kier alpha value is -3.42. The Kier molecular flexibility index (Phi) is 6.68. The Labute approximate surface area is 188 Å². The molecule has 1 fully saturated rings. The Balaban J connectivity index is 1.55. The first-order valence-electron chi connectivity index (χ1n) is 10.8. The second-order valence-electron chi connectivity index (χ2n) is 8.09. The summed E-state index contributed by atoms with van der Waals surface area (Å²) >= 11 is 0. The molecule has 1 amide bonds. The molecule has 3 N–H and O–H groups in total. The maximum Gasteiger partial charge on any atom is 0.257 e. The Morgan fingerprint density at radius 2 is 1.78 bits per heavy atom. The van der Waals surface area contributed by atoms with Crippen molar-refractivity contribution in [1.29, 1.82) is 0 Å². The fourth-order valence-electron chi connectivity index (χ4n) is 3.83. The fourth-order valence-corrected chi connectivity index (χ4v) is 3.83. The van der Waals surface area contributed by atoms with Gasteiger partial charge in [-0.2, -0.15) is 0 Å². The van der Waals surface area contributed by atoms with Crippen molar-refractivity contribution < 1.29 is 9.32 Å². The molecular weight excluding hydrogens is 402 g/mol. The third-order valence-electron chi connectivity index (χ3n) is 5.80. The topological polar surface area (TPSA) is 87.6 Å². The summed E-state index contributed by atoms with van der Waals surface area (Å²) in [5.41, 5.74) is 10.7. The van der Waals surface area contributed by atoms with E-state index >= 15 is 0 Å². The van der Waals surface area contributed by atoms with Gasteiger partial charge in [-0.15, -0.1) is 0 Å². The molecule has 2 heterocycles. The number of benzene rings is 2. The molecule has 7 heteroatoms. The molecule has 1 aliphatic heterocycles. The van der Waals surface area contributed by atoms with E-state index in [-0.39, 0.29) is 5.91 Å². The molecule has 3 aromatic rings. The molecule has 4 rings (SSSR count). The lowest BCUT2D eigenvalue weighted by atomic mass is 10.0. The highest BCUT2D eigenvalue weighted by Gasteiger charge is 2.22. The van der Waals surface area contributed by atoms with Gasteiger partial charge in [-0.1, -0.05) is 59.8 Å². The zero-order chi connectivity index (χ0) is 22.5. The van der Waals surface area contributed by atoms with Crippen molar-refractivity contribution in [3.63, 3.8) is 0 Å². The minimum Gasteiger partial charge on any atom is -0.398 e. The van der Waals surface area contributed by atoms with E-state index in [9.17, 15) is 4.79 Å². The first-order chi connectivity index (χ1) is 15.5. The molecule has 7 nitrogen and oxygen atoms in total. The van der Waals surface area contributed by atoms with Crippen LogP contribution in [0.2, 0.25) is 0 Å². The number of nitrogens with two attached hydrogens (primary N) is 1. The smallest absolute Gasteiger partial charge is 0.257 e. The number of hydrogen-bond acceptors (Lipinski definition) is 6. The molecule has 0 radical (unpaired) electrons. The summed E-state index contributed by atoms with van der Waals surface area (Å²) in [5, 5.41) is 6.80. The lowest BCUT2D eigenvalue weighted by Gasteiger charge is -2.32. The monoisotopic (exact) mass is 431 g/mol. The van der Waals surface area contributed by atoms with Gasteiger partial charge in [-0.25, -0.2) is 0 Å². The maximum atomic E-state index is 12.6. The average molecular weight is 432 g/mol. The number of rotatable bonds is 6. The molecule has 1 aromatic heterocycles. The molecule has 1 aliphatic rings. The number of nitrogens with one attached hydrogen (secondary N) is 1. The number of aromatic nitrogens is 1. The molecule has 0 aliphatic carbocycles. The number of likely N-dealkylation sites (N-methyl/N-ethyl adjacent to an activating group) is 1. The molecular formula is C25H29N5O2. The van der Waals surface area contributed by atoms with Gasteiger partial charge in [0.05, 0.1) is 0 Å². The number of nitrogens with zero attached hydrogens (tertiary/aromatic N) is 3. The van der Waals surface area contributed by atoms with E-state index in [4.69, 9.17) is 10.3 Å². The Bertz CT molecular complexity index is 1080. The largest absolute Gasteiger partial charge is 0.398 e. The van der Waals surface area contributed by atoms with Crippen LogP contribution in [-0.4, -0.2) is 61.1 Å². The van der Waals surface area contributed by atoms with Crippen molar-refractivity contribution >= 4 is 17.7 Å². The van der Waals surface area contributed by atoms with Gasteiger partial charge in [0.2, 0.25) is 0 Å². The van der Waals surface area contributed by atoms with Gasteiger partial charge in [0.25, 0.3) is 5.91 Å². The summed E-state index contributed by atoms with van der Waals surface area (Å²) in [5.74, 6) is 0.0638. The van der Waals surface area contributed by atoms with Crippen molar-refractivity contribution in [2.75, 3.05) is 40.3 Å². The van der Waals surface area contributed by atoms with Crippen LogP contribution in [0.4, 0.5) is 0 Å². The molecule has 0 atom stereocenters. The normalized spacial score (nSPS) is 15.6. The van der Waals surface area contributed by atoms with Gasteiger partial charge < -0.3 is 20.5 Å². The second kappa shape index (κ2) is 9.80. The van der Waals surface area contributed by atoms with Crippen molar-refractivity contribution in [3.8, 4) is 11.3 Å². The van der Waals surface area contributed by atoms with E-state index < -0.39 is 0 Å². The van der Waals surface area contributed by atoms with Gasteiger partial charge in [0.15, 0.2) is 5.76 Å². The predicted molar refractivity (Wildman–Crippen MR) is 127 cm³/mol. The molecule has 0 spiro atoms. The van der Waals surface area contributed by atoms with Crippen LogP contribution in [-0.2, 0) is 6.54 Å². The van der Waals surface area contributed by atoms with Crippen LogP contribution in [0.25, 0.3) is 23.0 Å². The van der Waals surface area contributed by atoms with Crippen LogP contribution in [0.3, 0.4) is 0 Å². The van der Waals surface area contributed by atoms with Crippen LogP contribution >= 0.6 is 0 Å². The van der Waals surface area contributed by atoms with E-state index in [1.165, 1.54) is 5.56 Å². The average Bonchev–Trinajstić information content (AvgIpc) is 3.24. The van der Waals surface area contributed by atoms with Crippen molar-refractivity contribution in [1.82, 2.24) is 20.3 Å². The highest BCUT2D eigenvalue weighted by atomic mass is 16.5. The standard InChI is InChI=1S/C25H29N5O2/c1-27-25(31)23-22(32-28-24(23)20-6-4-3-5-7-20)16-21(26)19-10-8-18(9-11-19)17-30-14-12-29(2)13-15-30/h3-11,16H,12-15,17,26H2,1-2H3,(H,27,31). The number of piperazine rings is 1. The summed E-state index contributed by atoms with van der Waals surface area (Å²) in [6.45, 7) is 5.30. The highest BCUT2D eigenvalue weighted by Crippen LogP contribution is 2.27. The number of amides is 1. The lowest BCUT2D eigenvalue weighted by Crippen LogP contribution is -2.43. The van der Waals surface area contributed by atoms with Crippen molar-refractivity contribution in [3.05, 3.63) is 77.0 Å². The van der Waals surface area contributed by atoms with E-state index in [1.807, 2.05) is 42.5 Å². The van der Waals surface area contributed by atoms with Crippen molar-refractivity contribution in [2.24, 2.45) is 5.73 Å². The molecule has 2 aromatic carbocycles. The zero-order valence-electron chi connectivity index (χ0n) is 18.5. The van der Waals surface area contributed by atoms with E-state index in [0.717, 1.165) is 43.9 Å². The highest BCUT2D eigenvalue weighted by molar-refractivity contribution is 6.03. The SMILES string of the molecule is CNC(=O)c1c(-c2ccccc2)noc1C=C(N)c1ccc(CN2CCN(C)CC2)cc1. The Morgan fingerprint density at radius 1 is 1.09 bits per heavy atom. The predicted octanol–water partition coefficient (Wildman–Crippen LogP) is 2.91. The first kappa shape index (κ1) is 21.8. The lowest BCUT2D eigenvalue weighted by molar-refractivity contribution is 0.0963. The summed E-state index contributed by atoms with van der Waals surface area (Å²) in [6, 6.07) is 17.7. The number of carbonyl (C=O) groups excluding carboxylic acids is 1. The summed E-state index contributed by atoms with van der Waals surface area (Å²) in [4.78, 5) is 17.4. The summed E-state index contributed by atoms with van der Waals surface area (Å²) in [6.07, 6.45) is 1.67. The third-order valence-corrected chi connectivity index (χ3v) is 5.80. The zero-order valence-corrected chi connectivity index (χ0v) is 18.5. The Morgan fingerprint density at radius 3 is 2.44 bits per heavy atom. The summed E-state index contributed by atoms with van der Waals surface area (Å²) < 4.78 is 5.52. The minimum atomic E-state index is -0.272. The second-order valence-corrected chi connectivity index (χ2v) is 8.09. The quantitative estimate of drug-likeness (QED) is 0.624. The van der Waals surface area contributed by atoms with Crippen LogP contribution in [0.15, 0.2) is 59.1 Å². The van der Waals surface area contributed by atoms with Gasteiger partial charge in [-0.3, -0.25) is 9.69 Å². The van der Waals surface area contributed by atoms with Crippen LogP contribution in [0, 0.1) is 0 Å². The third kappa shape index (κ3) is 4.90. The van der Waals surface area contributed by atoms with Gasteiger partial charge >= 0.3 is 0 Å². The maximum absolute atomic E-state index is 12.6. The molecule has 1 saturated heterocycles. The van der Waals surface area contributed by atoms with Crippen LogP contribution in [0.1, 0.15) is 27.2 Å². The fraction of sp³-hybridized carbons (Fsp3) is 0.280. The van der Waals surface area contributed by atoms with Crippen LogP contribution in [0.5, 0.6) is 0 Å². The minimum absolute atomic E-state index is 0.272. The van der Waals surface area contributed by atoms with E-state index in [0.29, 0.717) is 22.7 Å². The number of hydrogen-bond donors (Lipinski definition) is 2. The van der Waals surface area contributed by atoms with Gasteiger partial charge in [-0.05, 0) is 18.2 Å². The summed E-state index contributed by atoms with van der Waals surface area (Å²) in [7, 11) is 3.74. The molecule has 166 valence electrons.